The SMILES string of the molecule is Cc1nc([N+](=O)[O-])cn1CCC(=O)N1CCCN(c2nc3ccccc3[nH]2)CC1. The molecule has 0 unspecified atom stereocenters. The zero-order valence-corrected chi connectivity index (χ0v) is 16.2. The van der Waals surface area contributed by atoms with E-state index in [1.165, 1.54) is 6.20 Å². The van der Waals surface area contributed by atoms with E-state index < -0.39 is 4.92 Å². The topological polar surface area (TPSA) is 113 Å². The maximum atomic E-state index is 12.7. The Morgan fingerprint density at radius 2 is 2.03 bits per heavy atom. The Labute approximate surface area is 167 Å². The zero-order valence-electron chi connectivity index (χ0n) is 16.2. The number of amides is 1. The van der Waals surface area contributed by atoms with E-state index in [4.69, 9.17) is 0 Å². The van der Waals surface area contributed by atoms with Crippen molar-refractivity contribution >= 4 is 28.7 Å². The number of nitrogens with one attached hydrogen (secondary N) is 1. The van der Waals surface area contributed by atoms with Crippen LogP contribution in [0.2, 0.25) is 0 Å². The van der Waals surface area contributed by atoms with Crippen LogP contribution in [0.3, 0.4) is 0 Å². The lowest BCUT2D eigenvalue weighted by Crippen LogP contribution is -2.35. The Balaban J connectivity index is 1.35. The van der Waals surface area contributed by atoms with Gasteiger partial charge in [-0.05, 0) is 28.5 Å². The van der Waals surface area contributed by atoms with E-state index in [9.17, 15) is 14.9 Å². The summed E-state index contributed by atoms with van der Waals surface area (Å²) < 4.78 is 1.66. The highest BCUT2D eigenvalue weighted by Crippen LogP contribution is 2.19. The van der Waals surface area contributed by atoms with E-state index in [1.54, 1.807) is 11.5 Å². The van der Waals surface area contributed by atoms with Crippen LogP contribution in [0.25, 0.3) is 11.0 Å². The summed E-state index contributed by atoms with van der Waals surface area (Å²) in [5.41, 5.74) is 1.94. The summed E-state index contributed by atoms with van der Waals surface area (Å²) >= 11 is 0. The minimum Gasteiger partial charge on any atom is -0.358 e. The third-order valence-corrected chi connectivity index (χ3v) is 5.24. The smallest absolute Gasteiger partial charge is 0.358 e. The number of aryl methyl sites for hydroxylation is 2. The Morgan fingerprint density at radius 3 is 2.79 bits per heavy atom. The van der Waals surface area contributed by atoms with E-state index in [0.717, 1.165) is 29.9 Å². The second kappa shape index (κ2) is 7.90. The molecule has 29 heavy (non-hydrogen) atoms. The van der Waals surface area contributed by atoms with Gasteiger partial charge in [0.15, 0.2) is 0 Å². The molecule has 10 nitrogen and oxygen atoms in total. The molecule has 3 aromatic rings. The maximum Gasteiger partial charge on any atom is 0.381 e. The maximum absolute atomic E-state index is 12.7. The molecule has 152 valence electrons. The molecule has 1 saturated heterocycles. The summed E-state index contributed by atoms with van der Waals surface area (Å²) in [5, 5.41) is 10.8. The minimum atomic E-state index is -0.521. The van der Waals surface area contributed by atoms with Crippen LogP contribution >= 0.6 is 0 Å². The third-order valence-electron chi connectivity index (χ3n) is 5.24. The lowest BCUT2D eigenvalue weighted by atomic mass is 10.3. The number of rotatable bonds is 5. The Kier molecular flexibility index (Phi) is 5.15. The van der Waals surface area contributed by atoms with Crippen molar-refractivity contribution in [2.45, 2.75) is 26.3 Å². The molecular weight excluding hydrogens is 374 g/mol. The van der Waals surface area contributed by atoms with Crippen LogP contribution in [0, 0.1) is 17.0 Å². The molecule has 1 aliphatic rings. The van der Waals surface area contributed by atoms with Gasteiger partial charge in [0.1, 0.15) is 6.20 Å². The van der Waals surface area contributed by atoms with Crippen molar-refractivity contribution < 1.29 is 9.72 Å². The number of benzene rings is 1. The van der Waals surface area contributed by atoms with Crippen molar-refractivity contribution in [3.63, 3.8) is 0 Å². The molecule has 4 rings (SSSR count). The number of hydrogen-bond acceptors (Lipinski definition) is 6. The molecule has 10 heteroatoms. The zero-order chi connectivity index (χ0) is 20.4. The number of anilines is 1. The van der Waals surface area contributed by atoms with Gasteiger partial charge in [0.25, 0.3) is 0 Å². The van der Waals surface area contributed by atoms with Crippen molar-refractivity contribution in [2.75, 3.05) is 31.1 Å². The number of hydrogen-bond donors (Lipinski definition) is 1. The van der Waals surface area contributed by atoms with Crippen LogP contribution in [0.15, 0.2) is 30.5 Å². The lowest BCUT2D eigenvalue weighted by molar-refractivity contribution is -0.389. The van der Waals surface area contributed by atoms with Crippen molar-refractivity contribution in [1.29, 1.82) is 0 Å². The molecule has 0 saturated carbocycles. The summed E-state index contributed by atoms with van der Waals surface area (Å²) in [4.78, 5) is 38.9. The van der Waals surface area contributed by atoms with Gasteiger partial charge in [-0.25, -0.2) is 4.98 Å². The average Bonchev–Trinajstić information content (AvgIpc) is 3.21. The predicted molar refractivity (Wildman–Crippen MR) is 108 cm³/mol. The highest BCUT2D eigenvalue weighted by atomic mass is 16.6. The van der Waals surface area contributed by atoms with E-state index in [2.05, 4.69) is 19.9 Å². The Bertz CT molecular complexity index is 1010. The number of nitrogens with zero attached hydrogens (tertiary/aromatic N) is 6. The summed E-state index contributed by atoms with van der Waals surface area (Å²) in [7, 11) is 0. The minimum absolute atomic E-state index is 0.0483. The molecule has 3 heterocycles. The van der Waals surface area contributed by atoms with Gasteiger partial charge >= 0.3 is 5.82 Å². The largest absolute Gasteiger partial charge is 0.381 e. The van der Waals surface area contributed by atoms with Crippen LogP contribution in [-0.4, -0.2) is 61.4 Å². The van der Waals surface area contributed by atoms with E-state index in [-0.39, 0.29) is 11.7 Å². The van der Waals surface area contributed by atoms with Crippen molar-refractivity contribution in [1.82, 2.24) is 24.4 Å². The summed E-state index contributed by atoms with van der Waals surface area (Å²) in [6, 6.07) is 7.92. The molecule has 0 spiro atoms. The van der Waals surface area contributed by atoms with Crippen molar-refractivity contribution in [2.24, 2.45) is 0 Å². The lowest BCUT2D eigenvalue weighted by Gasteiger charge is -2.22. The number of para-hydroxylation sites is 2. The first kappa shape index (κ1) is 18.9. The number of aromatic amines is 1. The van der Waals surface area contributed by atoms with Gasteiger partial charge in [0.05, 0.1) is 11.0 Å². The molecular formula is C19H23N7O3. The predicted octanol–water partition coefficient (Wildman–Crippen LogP) is 2.11. The Morgan fingerprint density at radius 1 is 1.21 bits per heavy atom. The fraction of sp³-hybridized carbons (Fsp3) is 0.421. The quantitative estimate of drug-likeness (QED) is 0.521. The fourth-order valence-corrected chi connectivity index (χ4v) is 3.65. The molecule has 0 radical (unpaired) electrons. The molecule has 1 fully saturated rings. The first-order valence-electron chi connectivity index (χ1n) is 9.67. The standard InChI is InChI=1S/C19H23N7O3/c1-14-20-17(26(28)29)13-25(14)10-7-18(27)23-8-4-9-24(12-11-23)19-21-15-5-2-3-6-16(15)22-19/h2-3,5-6,13H,4,7-12H2,1H3,(H,21,22). The third kappa shape index (κ3) is 4.05. The normalized spacial score (nSPS) is 14.9. The van der Waals surface area contributed by atoms with Gasteiger partial charge in [0.2, 0.25) is 17.7 Å². The molecule has 2 aromatic heterocycles. The molecule has 1 amide bonds. The summed E-state index contributed by atoms with van der Waals surface area (Å²) in [6.45, 7) is 4.94. The molecule has 0 aliphatic carbocycles. The first-order valence-corrected chi connectivity index (χ1v) is 9.67. The van der Waals surface area contributed by atoms with Crippen LogP contribution in [0.1, 0.15) is 18.7 Å². The highest BCUT2D eigenvalue weighted by molar-refractivity contribution is 5.78. The average molecular weight is 397 g/mol. The van der Waals surface area contributed by atoms with Crippen molar-refractivity contribution in [3.8, 4) is 0 Å². The first-order chi connectivity index (χ1) is 14.0. The van der Waals surface area contributed by atoms with Gasteiger partial charge < -0.3 is 29.5 Å². The number of H-pyrrole nitrogens is 1. The van der Waals surface area contributed by atoms with Crippen molar-refractivity contribution in [3.05, 3.63) is 46.4 Å². The molecule has 1 aliphatic heterocycles. The van der Waals surface area contributed by atoms with Gasteiger partial charge in [-0.3, -0.25) is 4.79 Å². The molecule has 1 aromatic carbocycles. The molecule has 1 N–H and O–H groups in total. The number of aromatic nitrogens is 4. The van der Waals surface area contributed by atoms with E-state index in [1.807, 2.05) is 29.2 Å². The number of carbonyl (C=O) groups excluding carboxylic acids is 1. The van der Waals surface area contributed by atoms with Crippen LogP contribution in [0.5, 0.6) is 0 Å². The highest BCUT2D eigenvalue weighted by Gasteiger charge is 2.22. The van der Waals surface area contributed by atoms with Gasteiger partial charge in [-0.2, -0.15) is 0 Å². The number of nitro groups is 1. The second-order valence-corrected chi connectivity index (χ2v) is 7.15. The van der Waals surface area contributed by atoms with Crippen LogP contribution < -0.4 is 4.90 Å². The fourth-order valence-electron chi connectivity index (χ4n) is 3.65. The van der Waals surface area contributed by atoms with Gasteiger partial charge in [0, 0.05) is 46.1 Å². The molecule has 0 bridgehead atoms. The van der Waals surface area contributed by atoms with E-state index >= 15 is 0 Å². The monoisotopic (exact) mass is 397 g/mol. The second-order valence-electron chi connectivity index (χ2n) is 7.15. The van der Waals surface area contributed by atoms with Crippen LogP contribution in [-0.2, 0) is 11.3 Å². The van der Waals surface area contributed by atoms with Gasteiger partial charge in [-0.15, -0.1) is 0 Å². The summed E-state index contributed by atoms with van der Waals surface area (Å²) in [5.74, 6) is 1.23. The van der Waals surface area contributed by atoms with Crippen LogP contribution in [0.4, 0.5) is 11.8 Å². The Hall–Kier alpha value is -3.43. The van der Waals surface area contributed by atoms with Gasteiger partial charge in [-0.1, -0.05) is 12.1 Å². The number of fused-ring (bicyclic) bond motifs is 1. The summed E-state index contributed by atoms with van der Waals surface area (Å²) in [6.07, 6.45) is 2.53. The number of carbonyl (C=O) groups is 1. The molecule has 0 atom stereocenters. The number of imidazole rings is 2. The van der Waals surface area contributed by atoms with E-state index in [0.29, 0.717) is 38.4 Å².